The maximum atomic E-state index is 11.8. The first-order valence-electron chi connectivity index (χ1n) is 6.38. The molecule has 108 valence electrons. The summed E-state index contributed by atoms with van der Waals surface area (Å²) in [7, 11) is 0. The summed E-state index contributed by atoms with van der Waals surface area (Å²) >= 11 is 0. The molecule has 0 saturated heterocycles. The quantitative estimate of drug-likeness (QED) is 0.780. The van der Waals surface area contributed by atoms with Crippen molar-refractivity contribution in [1.82, 2.24) is 15.6 Å². The highest BCUT2D eigenvalue weighted by molar-refractivity contribution is 5.83. The molecule has 1 heterocycles. The van der Waals surface area contributed by atoms with E-state index in [-0.39, 0.29) is 0 Å². The normalized spacial score (nSPS) is 11.4. The van der Waals surface area contributed by atoms with Crippen molar-refractivity contribution in [1.29, 1.82) is 0 Å². The third-order valence-electron chi connectivity index (χ3n) is 2.86. The molecule has 21 heavy (non-hydrogen) atoms. The Morgan fingerprint density at radius 2 is 1.76 bits per heavy atom. The van der Waals surface area contributed by atoms with Crippen LogP contribution in [0, 0.1) is 0 Å². The number of carboxylic acid groups (broad SMARTS) is 1. The fraction of sp³-hybridized carbons (Fsp3) is 0.133. The Labute approximate surface area is 121 Å². The Balaban J connectivity index is 1.95. The van der Waals surface area contributed by atoms with Gasteiger partial charge in [-0.3, -0.25) is 4.98 Å². The highest BCUT2D eigenvalue weighted by Gasteiger charge is 2.21. The standard InChI is InChI=1S/C15H15N3O3/c19-14(20)13(12-4-2-1-3-5-12)18-15(21)17-10-11-6-8-16-9-7-11/h1-9,13H,10H2,(H,19,20)(H2,17,18,21)/t13-/m0/s1. The number of nitrogens with zero attached hydrogens (tertiary/aromatic N) is 1. The van der Waals surface area contributed by atoms with Gasteiger partial charge < -0.3 is 15.7 Å². The van der Waals surface area contributed by atoms with Gasteiger partial charge in [0.2, 0.25) is 0 Å². The zero-order chi connectivity index (χ0) is 15.1. The largest absolute Gasteiger partial charge is 0.479 e. The van der Waals surface area contributed by atoms with Crippen LogP contribution in [0.3, 0.4) is 0 Å². The van der Waals surface area contributed by atoms with Crippen LogP contribution >= 0.6 is 0 Å². The zero-order valence-electron chi connectivity index (χ0n) is 11.2. The Kier molecular flexibility index (Phi) is 4.87. The molecule has 0 fully saturated rings. The summed E-state index contributed by atoms with van der Waals surface area (Å²) in [6, 6.07) is 10.5. The van der Waals surface area contributed by atoms with E-state index in [0.29, 0.717) is 12.1 Å². The molecule has 0 saturated carbocycles. The molecular formula is C15H15N3O3. The minimum Gasteiger partial charge on any atom is -0.479 e. The van der Waals surface area contributed by atoms with Crippen molar-refractivity contribution >= 4 is 12.0 Å². The number of urea groups is 1. The molecule has 2 amide bonds. The third-order valence-corrected chi connectivity index (χ3v) is 2.86. The molecule has 0 radical (unpaired) electrons. The van der Waals surface area contributed by atoms with Crippen LogP contribution in [0.1, 0.15) is 17.2 Å². The number of benzene rings is 1. The molecule has 1 aromatic carbocycles. The predicted molar refractivity (Wildman–Crippen MR) is 76.4 cm³/mol. The van der Waals surface area contributed by atoms with Gasteiger partial charge in [0.05, 0.1) is 0 Å². The number of nitrogens with one attached hydrogen (secondary N) is 2. The van der Waals surface area contributed by atoms with Crippen LogP contribution in [0.2, 0.25) is 0 Å². The third kappa shape index (κ3) is 4.31. The number of rotatable bonds is 5. The lowest BCUT2D eigenvalue weighted by atomic mass is 10.1. The first-order valence-corrected chi connectivity index (χ1v) is 6.38. The second kappa shape index (κ2) is 7.04. The monoisotopic (exact) mass is 285 g/mol. The van der Waals surface area contributed by atoms with Crippen LogP contribution in [0.4, 0.5) is 4.79 Å². The molecule has 0 bridgehead atoms. The summed E-state index contributed by atoms with van der Waals surface area (Å²) < 4.78 is 0. The Bertz CT molecular complexity index is 602. The van der Waals surface area contributed by atoms with Crippen LogP contribution in [0.5, 0.6) is 0 Å². The summed E-state index contributed by atoms with van der Waals surface area (Å²) in [5, 5.41) is 14.3. The number of pyridine rings is 1. The lowest BCUT2D eigenvalue weighted by Gasteiger charge is -2.15. The molecule has 0 aliphatic heterocycles. The van der Waals surface area contributed by atoms with E-state index in [4.69, 9.17) is 0 Å². The van der Waals surface area contributed by atoms with Gasteiger partial charge in [0, 0.05) is 18.9 Å². The smallest absolute Gasteiger partial charge is 0.330 e. The zero-order valence-corrected chi connectivity index (χ0v) is 11.2. The highest BCUT2D eigenvalue weighted by Crippen LogP contribution is 2.12. The molecule has 3 N–H and O–H groups in total. The van der Waals surface area contributed by atoms with E-state index in [1.807, 2.05) is 0 Å². The summed E-state index contributed by atoms with van der Waals surface area (Å²) in [5.41, 5.74) is 1.40. The average Bonchev–Trinajstić information content (AvgIpc) is 2.52. The molecule has 0 spiro atoms. The highest BCUT2D eigenvalue weighted by atomic mass is 16.4. The number of hydrogen-bond donors (Lipinski definition) is 3. The van der Waals surface area contributed by atoms with Gasteiger partial charge >= 0.3 is 12.0 Å². The number of carbonyl (C=O) groups is 2. The van der Waals surface area contributed by atoms with Gasteiger partial charge in [-0.15, -0.1) is 0 Å². The molecule has 1 atom stereocenters. The molecule has 2 aromatic rings. The molecule has 0 unspecified atom stereocenters. The molecular weight excluding hydrogens is 270 g/mol. The van der Waals surface area contributed by atoms with Crippen LogP contribution in [0.15, 0.2) is 54.9 Å². The summed E-state index contributed by atoms with van der Waals surface area (Å²) in [6.07, 6.45) is 3.25. The topological polar surface area (TPSA) is 91.3 Å². The molecule has 0 aliphatic rings. The van der Waals surface area contributed by atoms with Crippen molar-refractivity contribution in [2.45, 2.75) is 12.6 Å². The molecule has 6 nitrogen and oxygen atoms in total. The van der Waals surface area contributed by atoms with Crippen molar-refractivity contribution in [2.75, 3.05) is 0 Å². The molecule has 1 aromatic heterocycles. The van der Waals surface area contributed by atoms with E-state index >= 15 is 0 Å². The van der Waals surface area contributed by atoms with Gasteiger partial charge in [0.1, 0.15) is 0 Å². The predicted octanol–water partition coefficient (Wildman–Crippen LogP) is 1.71. The van der Waals surface area contributed by atoms with Gasteiger partial charge in [0.15, 0.2) is 6.04 Å². The summed E-state index contributed by atoms with van der Waals surface area (Å²) in [5.74, 6) is -1.11. The van der Waals surface area contributed by atoms with Gasteiger partial charge in [-0.25, -0.2) is 9.59 Å². The Morgan fingerprint density at radius 1 is 1.10 bits per heavy atom. The number of aromatic nitrogens is 1. The minimum atomic E-state index is -1.11. The van der Waals surface area contributed by atoms with E-state index in [2.05, 4.69) is 15.6 Å². The van der Waals surface area contributed by atoms with E-state index in [0.717, 1.165) is 5.56 Å². The van der Waals surface area contributed by atoms with Crippen molar-refractivity contribution < 1.29 is 14.7 Å². The Hall–Kier alpha value is -2.89. The second-order valence-corrected chi connectivity index (χ2v) is 4.36. The molecule has 0 aliphatic carbocycles. The van der Waals surface area contributed by atoms with Crippen LogP contribution in [-0.4, -0.2) is 22.1 Å². The van der Waals surface area contributed by atoms with Crippen molar-refractivity contribution in [3.05, 3.63) is 66.0 Å². The lowest BCUT2D eigenvalue weighted by molar-refractivity contribution is -0.139. The van der Waals surface area contributed by atoms with Gasteiger partial charge in [-0.2, -0.15) is 0 Å². The van der Waals surface area contributed by atoms with Crippen LogP contribution < -0.4 is 10.6 Å². The average molecular weight is 285 g/mol. The van der Waals surface area contributed by atoms with Crippen molar-refractivity contribution in [3.63, 3.8) is 0 Å². The van der Waals surface area contributed by atoms with Crippen molar-refractivity contribution in [3.8, 4) is 0 Å². The summed E-state index contributed by atoms with van der Waals surface area (Å²) in [6.45, 7) is 0.301. The number of carboxylic acids is 1. The van der Waals surface area contributed by atoms with Gasteiger partial charge in [-0.1, -0.05) is 30.3 Å². The molecule has 2 rings (SSSR count). The van der Waals surface area contributed by atoms with Gasteiger partial charge in [-0.05, 0) is 23.3 Å². The number of hydrogen-bond acceptors (Lipinski definition) is 3. The van der Waals surface area contributed by atoms with Crippen molar-refractivity contribution in [2.24, 2.45) is 0 Å². The van der Waals surface area contributed by atoms with E-state index in [1.165, 1.54) is 0 Å². The van der Waals surface area contributed by atoms with Crippen LogP contribution in [0.25, 0.3) is 0 Å². The first-order chi connectivity index (χ1) is 10.2. The maximum absolute atomic E-state index is 11.8. The first kappa shape index (κ1) is 14.5. The fourth-order valence-corrected chi connectivity index (χ4v) is 1.80. The van der Waals surface area contributed by atoms with E-state index in [9.17, 15) is 14.7 Å². The number of aliphatic carboxylic acids is 1. The fourth-order valence-electron chi connectivity index (χ4n) is 1.80. The van der Waals surface area contributed by atoms with E-state index in [1.54, 1.807) is 54.9 Å². The maximum Gasteiger partial charge on any atom is 0.330 e. The SMILES string of the molecule is O=C(NCc1ccncc1)N[C@H](C(=O)O)c1ccccc1. The van der Waals surface area contributed by atoms with E-state index < -0.39 is 18.0 Å². The Morgan fingerprint density at radius 3 is 2.38 bits per heavy atom. The molecule has 6 heteroatoms. The summed E-state index contributed by atoms with van der Waals surface area (Å²) in [4.78, 5) is 26.9. The second-order valence-electron chi connectivity index (χ2n) is 4.36. The number of carbonyl (C=O) groups excluding carboxylic acids is 1. The minimum absolute atomic E-state index is 0.301. The lowest BCUT2D eigenvalue weighted by Crippen LogP contribution is -2.40. The number of amides is 2. The van der Waals surface area contributed by atoms with Crippen LogP contribution in [-0.2, 0) is 11.3 Å². The van der Waals surface area contributed by atoms with Gasteiger partial charge in [0.25, 0.3) is 0 Å².